The molecule has 20 heavy (non-hydrogen) atoms. The summed E-state index contributed by atoms with van der Waals surface area (Å²) in [6, 6.07) is 17.5. The van der Waals surface area contributed by atoms with Gasteiger partial charge in [0.15, 0.2) is 5.78 Å². The Bertz CT molecular complexity index is 549. The lowest BCUT2D eigenvalue weighted by Crippen LogP contribution is -2.11. The molecule has 2 nitrogen and oxygen atoms in total. The van der Waals surface area contributed by atoms with Gasteiger partial charge in [-0.3, -0.25) is 4.79 Å². The zero-order chi connectivity index (χ0) is 14.4. The van der Waals surface area contributed by atoms with Gasteiger partial charge in [0.1, 0.15) is 6.61 Å². The maximum Gasteiger partial charge on any atom is 0.188 e. The Morgan fingerprint density at radius 2 is 1.75 bits per heavy atom. The zero-order valence-corrected chi connectivity index (χ0v) is 12.5. The van der Waals surface area contributed by atoms with Crippen molar-refractivity contribution in [2.24, 2.45) is 0 Å². The monoisotopic (exact) mass is 286 g/mol. The summed E-state index contributed by atoms with van der Waals surface area (Å²) in [5.74, 6) is 0.0143. The summed E-state index contributed by atoms with van der Waals surface area (Å²) < 4.78 is 5.65. The summed E-state index contributed by atoms with van der Waals surface area (Å²) in [5, 5.41) is 0. The fraction of sp³-hybridized carbons (Fsp3) is 0.235. The molecule has 104 valence electrons. The van der Waals surface area contributed by atoms with Gasteiger partial charge in [-0.25, -0.2) is 0 Å². The molecule has 1 unspecified atom stereocenters. The predicted molar refractivity (Wildman–Crippen MR) is 83.4 cm³/mol. The number of carbonyl (C=O) groups is 1. The second-order valence-electron chi connectivity index (χ2n) is 4.52. The SMILES string of the molecule is CSc1ccc(C(=O)COC(C)c2ccccc2)cc1. The molecule has 0 saturated carbocycles. The molecular formula is C17H18O2S. The van der Waals surface area contributed by atoms with E-state index in [4.69, 9.17) is 4.74 Å². The van der Waals surface area contributed by atoms with E-state index < -0.39 is 0 Å². The average Bonchev–Trinajstić information content (AvgIpc) is 2.53. The van der Waals surface area contributed by atoms with E-state index in [1.807, 2.05) is 67.8 Å². The second-order valence-corrected chi connectivity index (χ2v) is 5.40. The van der Waals surface area contributed by atoms with Crippen LogP contribution in [0.5, 0.6) is 0 Å². The smallest absolute Gasteiger partial charge is 0.188 e. The molecule has 0 saturated heterocycles. The van der Waals surface area contributed by atoms with Crippen molar-refractivity contribution in [3.05, 3.63) is 65.7 Å². The number of hydrogen-bond donors (Lipinski definition) is 0. The molecule has 0 amide bonds. The van der Waals surface area contributed by atoms with Crippen molar-refractivity contribution in [3.8, 4) is 0 Å². The van der Waals surface area contributed by atoms with Gasteiger partial charge in [-0.15, -0.1) is 11.8 Å². The van der Waals surface area contributed by atoms with Gasteiger partial charge in [0.2, 0.25) is 0 Å². The van der Waals surface area contributed by atoms with Crippen LogP contribution in [0.2, 0.25) is 0 Å². The Labute approximate surface area is 124 Å². The van der Waals surface area contributed by atoms with Gasteiger partial charge in [0.25, 0.3) is 0 Å². The number of carbonyl (C=O) groups excluding carboxylic acids is 1. The number of benzene rings is 2. The Morgan fingerprint density at radius 1 is 1.10 bits per heavy atom. The first-order valence-electron chi connectivity index (χ1n) is 6.54. The highest BCUT2D eigenvalue weighted by Crippen LogP contribution is 2.18. The number of hydrogen-bond acceptors (Lipinski definition) is 3. The van der Waals surface area contributed by atoms with Crippen LogP contribution in [0.15, 0.2) is 59.5 Å². The molecule has 2 aromatic rings. The quantitative estimate of drug-likeness (QED) is 0.582. The van der Waals surface area contributed by atoms with Crippen LogP contribution in [-0.2, 0) is 4.74 Å². The van der Waals surface area contributed by atoms with Gasteiger partial charge in [0, 0.05) is 10.5 Å². The number of thioether (sulfide) groups is 1. The van der Waals surface area contributed by atoms with Crippen LogP contribution >= 0.6 is 11.8 Å². The van der Waals surface area contributed by atoms with Crippen molar-refractivity contribution >= 4 is 17.5 Å². The molecule has 0 aliphatic carbocycles. The van der Waals surface area contributed by atoms with Gasteiger partial charge < -0.3 is 4.74 Å². The standard InChI is InChI=1S/C17H18O2S/c1-13(14-6-4-3-5-7-14)19-12-17(18)15-8-10-16(20-2)11-9-15/h3-11,13H,12H2,1-2H3. The molecular weight excluding hydrogens is 268 g/mol. The maximum absolute atomic E-state index is 12.0. The Kier molecular flexibility index (Phi) is 5.39. The minimum atomic E-state index is -0.0781. The summed E-state index contributed by atoms with van der Waals surface area (Å²) in [7, 11) is 0. The average molecular weight is 286 g/mol. The van der Waals surface area contributed by atoms with E-state index in [1.54, 1.807) is 11.8 Å². The van der Waals surface area contributed by atoms with Crippen molar-refractivity contribution in [1.29, 1.82) is 0 Å². The number of ketones is 1. The van der Waals surface area contributed by atoms with Crippen molar-refractivity contribution < 1.29 is 9.53 Å². The molecule has 0 aliphatic heterocycles. The minimum absolute atomic E-state index is 0.0143. The molecule has 0 heterocycles. The highest BCUT2D eigenvalue weighted by molar-refractivity contribution is 7.98. The van der Waals surface area contributed by atoms with E-state index in [1.165, 1.54) is 0 Å². The third-order valence-corrected chi connectivity index (χ3v) is 3.89. The summed E-state index contributed by atoms with van der Waals surface area (Å²) in [4.78, 5) is 13.2. The molecule has 0 radical (unpaired) electrons. The largest absolute Gasteiger partial charge is 0.366 e. The topological polar surface area (TPSA) is 26.3 Å². The molecule has 0 spiro atoms. The van der Waals surface area contributed by atoms with Crippen LogP contribution < -0.4 is 0 Å². The molecule has 2 aromatic carbocycles. The van der Waals surface area contributed by atoms with Crippen molar-refractivity contribution in [1.82, 2.24) is 0 Å². The second kappa shape index (κ2) is 7.27. The molecule has 0 bridgehead atoms. The number of Topliss-reactive ketones (excluding diaryl/α,β-unsaturated/α-hetero) is 1. The van der Waals surface area contributed by atoms with E-state index in [0.717, 1.165) is 10.5 Å². The van der Waals surface area contributed by atoms with Gasteiger partial charge in [-0.2, -0.15) is 0 Å². The van der Waals surface area contributed by atoms with Gasteiger partial charge in [-0.1, -0.05) is 42.5 Å². The molecule has 0 fully saturated rings. The van der Waals surface area contributed by atoms with Crippen LogP contribution in [0, 0.1) is 0 Å². The van der Waals surface area contributed by atoms with Gasteiger partial charge >= 0.3 is 0 Å². The third kappa shape index (κ3) is 3.95. The fourth-order valence-corrected chi connectivity index (χ4v) is 2.29. The maximum atomic E-state index is 12.0. The molecule has 0 aromatic heterocycles. The highest BCUT2D eigenvalue weighted by atomic mass is 32.2. The van der Waals surface area contributed by atoms with E-state index >= 15 is 0 Å². The lowest BCUT2D eigenvalue weighted by atomic mass is 10.1. The van der Waals surface area contributed by atoms with Crippen molar-refractivity contribution in [2.75, 3.05) is 12.9 Å². The summed E-state index contributed by atoms with van der Waals surface area (Å²) in [6.07, 6.45) is 1.94. The Balaban J connectivity index is 1.91. The van der Waals surface area contributed by atoms with E-state index in [2.05, 4.69) is 0 Å². The van der Waals surface area contributed by atoms with Gasteiger partial charge in [0.05, 0.1) is 6.10 Å². The highest BCUT2D eigenvalue weighted by Gasteiger charge is 2.10. The van der Waals surface area contributed by atoms with Crippen LogP contribution in [-0.4, -0.2) is 18.6 Å². The van der Waals surface area contributed by atoms with Gasteiger partial charge in [-0.05, 0) is 30.9 Å². The minimum Gasteiger partial charge on any atom is -0.366 e. The van der Waals surface area contributed by atoms with Crippen LogP contribution in [0.1, 0.15) is 28.9 Å². The zero-order valence-electron chi connectivity index (χ0n) is 11.7. The molecule has 3 heteroatoms. The number of rotatable bonds is 6. The Hall–Kier alpha value is -1.58. The summed E-state index contributed by atoms with van der Waals surface area (Å²) >= 11 is 1.66. The van der Waals surface area contributed by atoms with Crippen LogP contribution in [0.3, 0.4) is 0 Å². The molecule has 1 atom stereocenters. The fourth-order valence-electron chi connectivity index (χ4n) is 1.88. The lowest BCUT2D eigenvalue weighted by Gasteiger charge is -2.12. The van der Waals surface area contributed by atoms with Crippen molar-refractivity contribution in [2.45, 2.75) is 17.9 Å². The Morgan fingerprint density at radius 3 is 2.35 bits per heavy atom. The van der Waals surface area contributed by atoms with E-state index in [0.29, 0.717) is 5.56 Å². The number of ether oxygens (including phenoxy) is 1. The first-order chi connectivity index (χ1) is 9.70. The predicted octanol–water partition coefficient (Wildman–Crippen LogP) is 4.37. The van der Waals surface area contributed by atoms with Crippen molar-refractivity contribution in [3.63, 3.8) is 0 Å². The first kappa shape index (κ1) is 14.8. The molecule has 0 N–H and O–H groups in total. The summed E-state index contributed by atoms with van der Waals surface area (Å²) in [5.41, 5.74) is 1.78. The first-order valence-corrected chi connectivity index (χ1v) is 7.77. The normalized spacial score (nSPS) is 12.1. The summed E-state index contributed by atoms with van der Waals surface area (Å²) in [6.45, 7) is 2.06. The van der Waals surface area contributed by atoms with Crippen LogP contribution in [0.25, 0.3) is 0 Å². The van der Waals surface area contributed by atoms with E-state index in [9.17, 15) is 4.79 Å². The molecule has 2 rings (SSSR count). The lowest BCUT2D eigenvalue weighted by molar-refractivity contribution is 0.0521. The van der Waals surface area contributed by atoms with Crippen LogP contribution in [0.4, 0.5) is 0 Å². The van der Waals surface area contributed by atoms with E-state index in [-0.39, 0.29) is 18.5 Å². The molecule has 0 aliphatic rings. The third-order valence-electron chi connectivity index (χ3n) is 3.15.